The highest BCUT2D eigenvalue weighted by Gasteiger charge is 2.19. The number of fused-ring (bicyclic) bond motifs is 1. The van der Waals surface area contributed by atoms with Crippen molar-refractivity contribution in [1.82, 2.24) is 4.98 Å². The first-order chi connectivity index (χ1) is 14.8. The van der Waals surface area contributed by atoms with E-state index in [2.05, 4.69) is 25.8 Å². The first-order valence-electron chi connectivity index (χ1n) is 10.4. The summed E-state index contributed by atoms with van der Waals surface area (Å²) in [5, 5.41) is 12.2. The van der Waals surface area contributed by atoms with Crippen molar-refractivity contribution in [1.29, 1.82) is 0 Å². The van der Waals surface area contributed by atoms with Crippen molar-refractivity contribution in [3.63, 3.8) is 0 Å². The highest BCUT2D eigenvalue weighted by Crippen LogP contribution is 2.41. The maximum Gasteiger partial charge on any atom is 0.203 e. The molecule has 6 nitrogen and oxygen atoms in total. The molecule has 3 rings (SSSR count). The summed E-state index contributed by atoms with van der Waals surface area (Å²) in [6.45, 7) is 9.23. The van der Waals surface area contributed by atoms with Gasteiger partial charge in [-0.15, -0.1) is 0 Å². The van der Waals surface area contributed by atoms with Crippen molar-refractivity contribution in [2.75, 3.05) is 27.4 Å². The third-order valence-corrected chi connectivity index (χ3v) is 4.82. The molecule has 0 spiro atoms. The monoisotopic (exact) mass is 425 g/mol. The van der Waals surface area contributed by atoms with Gasteiger partial charge in [0.15, 0.2) is 23.0 Å². The van der Waals surface area contributed by atoms with Crippen LogP contribution in [0, 0.1) is 5.41 Å². The van der Waals surface area contributed by atoms with Gasteiger partial charge >= 0.3 is 0 Å². The van der Waals surface area contributed by atoms with E-state index in [-0.39, 0.29) is 11.2 Å². The van der Waals surface area contributed by atoms with Gasteiger partial charge in [-0.2, -0.15) is 0 Å². The Morgan fingerprint density at radius 3 is 2.16 bits per heavy atom. The minimum atomic E-state index is 0.00562. The van der Waals surface area contributed by atoms with Gasteiger partial charge in [0.25, 0.3) is 0 Å². The van der Waals surface area contributed by atoms with Crippen LogP contribution in [0.25, 0.3) is 10.8 Å². The van der Waals surface area contributed by atoms with Crippen LogP contribution in [0.5, 0.6) is 28.7 Å². The van der Waals surface area contributed by atoms with Crippen LogP contribution >= 0.6 is 0 Å². The van der Waals surface area contributed by atoms with E-state index in [9.17, 15) is 5.11 Å². The lowest BCUT2D eigenvalue weighted by Gasteiger charge is -2.22. The zero-order chi connectivity index (χ0) is 22.6. The summed E-state index contributed by atoms with van der Waals surface area (Å²) in [5.41, 5.74) is 1.97. The largest absolute Gasteiger partial charge is 0.504 e. The lowest BCUT2D eigenvalue weighted by atomic mass is 9.98. The molecule has 1 N–H and O–H groups in total. The molecule has 0 unspecified atom stereocenters. The van der Waals surface area contributed by atoms with Crippen molar-refractivity contribution in [2.45, 2.75) is 34.1 Å². The Morgan fingerprint density at radius 1 is 0.903 bits per heavy atom. The maximum atomic E-state index is 10.6. The van der Waals surface area contributed by atoms with Crippen LogP contribution < -0.4 is 18.9 Å². The van der Waals surface area contributed by atoms with Crippen LogP contribution in [-0.4, -0.2) is 37.5 Å². The van der Waals surface area contributed by atoms with Gasteiger partial charge in [-0.25, -0.2) is 0 Å². The first kappa shape index (κ1) is 22.5. The first-order valence-corrected chi connectivity index (χ1v) is 10.4. The quantitative estimate of drug-likeness (QED) is 0.523. The normalized spacial score (nSPS) is 11.4. The van der Waals surface area contributed by atoms with Crippen molar-refractivity contribution >= 4 is 10.8 Å². The van der Waals surface area contributed by atoms with Gasteiger partial charge in [-0.1, -0.05) is 26.8 Å². The van der Waals surface area contributed by atoms with Crippen molar-refractivity contribution in [3.8, 4) is 28.7 Å². The Balaban J connectivity index is 1.99. The standard InChI is InChI=1S/C25H31NO5/c1-7-30-20-9-8-18-17(13-26-14-19(18)23(20)27)10-16-11-21(28-5)24(22(12-16)29-6)31-15-25(2,3)4/h8-9,11-14,27H,7,10,15H2,1-6H3. The van der Waals surface area contributed by atoms with Crippen molar-refractivity contribution in [2.24, 2.45) is 5.41 Å². The zero-order valence-corrected chi connectivity index (χ0v) is 19.1. The van der Waals surface area contributed by atoms with Gasteiger partial charge in [-0.05, 0) is 53.5 Å². The van der Waals surface area contributed by atoms with Gasteiger partial charge in [-0.3, -0.25) is 4.98 Å². The number of benzene rings is 2. The van der Waals surface area contributed by atoms with E-state index in [1.54, 1.807) is 26.5 Å². The third kappa shape index (κ3) is 5.13. The molecule has 1 aromatic heterocycles. The second kappa shape index (κ2) is 9.33. The Kier molecular flexibility index (Phi) is 6.78. The summed E-state index contributed by atoms with van der Waals surface area (Å²) in [7, 11) is 3.24. The molecule has 0 bridgehead atoms. The number of methoxy groups -OCH3 is 2. The number of phenols is 1. The molecule has 3 aromatic rings. The maximum absolute atomic E-state index is 10.6. The van der Waals surface area contributed by atoms with Crippen LogP contribution in [0.1, 0.15) is 38.8 Å². The molecule has 0 aliphatic heterocycles. The molecule has 0 amide bonds. The fourth-order valence-electron chi connectivity index (χ4n) is 3.37. The number of rotatable bonds is 8. The van der Waals surface area contributed by atoms with E-state index in [1.165, 1.54) is 0 Å². The van der Waals surface area contributed by atoms with Crippen molar-refractivity contribution < 1.29 is 24.1 Å². The smallest absolute Gasteiger partial charge is 0.203 e. The molecule has 6 heteroatoms. The summed E-state index contributed by atoms with van der Waals surface area (Å²) in [4.78, 5) is 4.33. The number of pyridine rings is 1. The van der Waals surface area contributed by atoms with E-state index < -0.39 is 0 Å². The molecular formula is C25H31NO5. The topological polar surface area (TPSA) is 70.0 Å². The Labute approximate surface area is 183 Å². The third-order valence-electron chi connectivity index (χ3n) is 4.82. The van der Waals surface area contributed by atoms with Gasteiger partial charge in [0.1, 0.15) is 0 Å². The predicted molar refractivity (Wildman–Crippen MR) is 122 cm³/mol. The Bertz CT molecular complexity index is 1030. The number of aromatic nitrogens is 1. The van der Waals surface area contributed by atoms with E-state index in [0.29, 0.717) is 48.0 Å². The minimum absolute atomic E-state index is 0.00562. The molecule has 2 aromatic carbocycles. The zero-order valence-electron chi connectivity index (χ0n) is 19.1. The fraction of sp³-hybridized carbons (Fsp3) is 0.400. The average molecular weight is 426 g/mol. The molecule has 0 radical (unpaired) electrons. The predicted octanol–water partition coefficient (Wildman–Crippen LogP) is 5.37. The number of phenolic OH excluding ortho intramolecular Hbond substituents is 1. The number of nitrogens with zero attached hydrogens (tertiary/aromatic N) is 1. The number of hydrogen-bond acceptors (Lipinski definition) is 6. The summed E-state index contributed by atoms with van der Waals surface area (Å²) in [6.07, 6.45) is 4.05. The summed E-state index contributed by atoms with van der Waals surface area (Å²) in [5.74, 6) is 2.40. The molecule has 0 fully saturated rings. The van der Waals surface area contributed by atoms with Crippen LogP contribution in [0.3, 0.4) is 0 Å². The number of ether oxygens (including phenoxy) is 4. The van der Waals surface area contributed by atoms with Crippen LogP contribution in [0.15, 0.2) is 36.7 Å². The molecule has 0 aliphatic rings. The van der Waals surface area contributed by atoms with Crippen LogP contribution in [-0.2, 0) is 6.42 Å². The summed E-state index contributed by atoms with van der Waals surface area (Å²) >= 11 is 0. The van der Waals surface area contributed by atoms with Gasteiger partial charge in [0, 0.05) is 17.8 Å². The average Bonchev–Trinajstić information content (AvgIpc) is 2.74. The van der Waals surface area contributed by atoms with Gasteiger partial charge in [0.2, 0.25) is 5.75 Å². The molecule has 0 saturated carbocycles. The fourth-order valence-corrected chi connectivity index (χ4v) is 3.37. The second-order valence-corrected chi connectivity index (χ2v) is 8.59. The lowest BCUT2D eigenvalue weighted by molar-refractivity contribution is 0.184. The highest BCUT2D eigenvalue weighted by atomic mass is 16.5. The van der Waals surface area contributed by atoms with E-state index in [0.717, 1.165) is 16.5 Å². The highest BCUT2D eigenvalue weighted by molar-refractivity contribution is 5.92. The second-order valence-electron chi connectivity index (χ2n) is 8.59. The molecular weight excluding hydrogens is 394 g/mol. The molecule has 0 aliphatic carbocycles. The molecule has 0 saturated heterocycles. The molecule has 166 valence electrons. The Morgan fingerprint density at radius 2 is 1.58 bits per heavy atom. The lowest BCUT2D eigenvalue weighted by Crippen LogP contribution is -2.17. The SMILES string of the molecule is CCOc1ccc2c(Cc3cc(OC)c(OCC(C)(C)C)c(OC)c3)cncc2c1O. The molecule has 1 heterocycles. The Hall–Kier alpha value is -3.15. The van der Waals surface area contributed by atoms with E-state index in [4.69, 9.17) is 18.9 Å². The van der Waals surface area contributed by atoms with E-state index >= 15 is 0 Å². The summed E-state index contributed by atoms with van der Waals surface area (Å²) < 4.78 is 22.7. The molecule has 31 heavy (non-hydrogen) atoms. The minimum Gasteiger partial charge on any atom is -0.504 e. The van der Waals surface area contributed by atoms with Crippen LogP contribution in [0.2, 0.25) is 0 Å². The number of hydrogen-bond donors (Lipinski definition) is 1. The van der Waals surface area contributed by atoms with Gasteiger partial charge < -0.3 is 24.1 Å². The van der Waals surface area contributed by atoms with E-state index in [1.807, 2.05) is 31.3 Å². The van der Waals surface area contributed by atoms with Gasteiger partial charge in [0.05, 0.1) is 27.4 Å². The van der Waals surface area contributed by atoms with Crippen molar-refractivity contribution in [3.05, 3.63) is 47.8 Å². The number of aromatic hydroxyl groups is 1. The molecule has 0 atom stereocenters. The summed E-state index contributed by atoms with van der Waals surface area (Å²) in [6, 6.07) is 7.64. The van der Waals surface area contributed by atoms with Crippen LogP contribution in [0.4, 0.5) is 0 Å².